The van der Waals surface area contributed by atoms with E-state index in [4.69, 9.17) is 5.73 Å². The molecule has 6 heavy (non-hydrogen) atoms. The van der Waals surface area contributed by atoms with Gasteiger partial charge in [-0.2, -0.15) is 0 Å². The molecule has 0 saturated carbocycles. The molecular weight excluding hydrogens is 93.0 g/mol. The van der Waals surface area contributed by atoms with E-state index in [9.17, 15) is 0 Å². The highest BCUT2D eigenvalue weighted by Crippen LogP contribution is 1.89. The first kappa shape index (κ1) is 6.39. The van der Waals surface area contributed by atoms with E-state index < -0.39 is 0 Å². The lowest BCUT2D eigenvalue weighted by molar-refractivity contribution is 0.815. The van der Waals surface area contributed by atoms with Crippen LogP contribution in [0.2, 0.25) is 0 Å². The van der Waals surface area contributed by atoms with Gasteiger partial charge in [-0.05, 0) is 25.5 Å². The van der Waals surface area contributed by atoms with Crippen LogP contribution >= 0.6 is 9.24 Å². The molecule has 38 valence electrons. The highest BCUT2D eigenvalue weighted by molar-refractivity contribution is 7.16. The topological polar surface area (TPSA) is 26.0 Å². The van der Waals surface area contributed by atoms with Crippen LogP contribution in [0, 0.1) is 0 Å². The minimum atomic E-state index is 0.842. The monoisotopic (exact) mass is 105 g/mol. The highest BCUT2D eigenvalue weighted by atomic mass is 31.0. The quantitative estimate of drug-likeness (QED) is 0.413. The van der Waals surface area contributed by atoms with Gasteiger partial charge < -0.3 is 5.73 Å². The van der Waals surface area contributed by atoms with Crippen molar-refractivity contribution in [2.24, 2.45) is 5.73 Å². The molecule has 2 N–H and O–H groups in total. The Morgan fingerprint density at radius 2 is 2.00 bits per heavy atom. The van der Waals surface area contributed by atoms with E-state index in [0.29, 0.717) is 0 Å². The molecule has 1 nitrogen and oxygen atoms in total. The second-order valence-electron chi connectivity index (χ2n) is 1.28. The van der Waals surface area contributed by atoms with Crippen LogP contribution in [-0.4, -0.2) is 12.7 Å². The first-order valence-corrected chi connectivity index (χ1v) is 3.13. The van der Waals surface area contributed by atoms with Crippen molar-refractivity contribution in [2.45, 2.75) is 12.8 Å². The third kappa shape index (κ3) is 4.39. The lowest BCUT2D eigenvalue weighted by Gasteiger charge is -1.86. The van der Waals surface area contributed by atoms with Gasteiger partial charge in [-0.3, -0.25) is 0 Å². The molecule has 0 aliphatic carbocycles. The van der Waals surface area contributed by atoms with Crippen molar-refractivity contribution >= 4 is 9.24 Å². The van der Waals surface area contributed by atoms with Crippen molar-refractivity contribution in [3.8, 4) is 0 Å². The average Bonchev–Trinajstić information content (AvgIpc) is 1.61. The maximum Gasteiger partial charge on any atom is -0.00772 e. The fourth-order valence-electron chi connectivity index (χ4n) is 0.289. The summed E-state index contributed by atoms with van der Waals surface area (Å²) in [5.41, 5.74) is 5.21. The molecule has 0 aliphatic rings. The van der Waals surface area contributed by atoms with Crippen LogP contribution in [0.4, 0.5) is 0 Å². The molecule has 0 heterocycles. The van der Waals surface area contributed by atoms with Gasteiger partial charge in [-0.15, -0.1) is 9.24 Å². The predicted molar refractivity (Wildman–Crippen MR) is 32.9 cm³/mol. The van der Waals surface area contributed by atoms with Gasteiger partial charge in [0.05, 0.1) is 0 Å². The van der Waals surface area contributed by atoms with E-state index >= 15 is 0 Å². The Labute approximate surface area is 41.5 Å². The van der Waals surface area contributed by atoms with Gasteiger partial charge in [-0.1, -0.05) is 0 Å². The van der Waals surface area contributed by atoms with Crippen LogP contribution in [-0.2, 0) is 0 Å². The number of rotatable bonds is 3. The largest absolute Gasteiger partial charge is 0.330 e. The third-order valence-electron chi connectivity index (χ3n) is 0.658. The van der Waals surface area contributed by atoms with Crippen molar-refractivity contribution < 1.29 is 0 Å². The Balaban J connectivity index is 2.34. The Bertz CT molecular complexity index is 19.5. The molecule has 0 bridgehead atoms. The van der Waals surface area contributed by atoms with Crippen molar-refractivity contribution in [1.29, 1.82) is 0 Å². The Morgan fingerprint density at radius 3 is 2.17 bits per heavy atom. The summed E-state index contributed by atoms with van der Waals surface area (Å²) >= 11 is 0. The predicted octanol–water partition coefficient (Wildman–Crippen LogP) is 0.600. The summed E-state index contributed by atoms with van der Waals surface area (Å²) < 4.78 is 0. The highest BCUT2D eigenvalue weighted by Gasteiger charge is 1.75. The third-order valence-corrected chi connectivity index (χ3v) is 1.07. The molecule has 0 rings (SSSR count). The van der Waals surface area contributed by atoms with Crippen molar-refractivity contribution in [3.63, 3.8) is 0 Å². The van der Waals surface area contributed by atoms with Crippen LogP contribution in [0.5, 0.6) is 0 Å². The second kappa shape index (κ2) is 5.39. The molecule has 2 heteroatoms. The van der Waals surface area contributed by atoms with E-state index in [1.54, 1.807) is 0 Å². The van der Waals surface area contributed by atoms with Crippen LogP contribution in [0.15, 0.2) is 0 Å². The maximum absolute atomic E-state index is 5.21. The summed E-state index contributed by atoms with van der Waals surface area (Å²) in [6.45, 7) is 0.842. The fourth-order valence-corrected chi connectivity index (χ4v) is 0.577. The van der Waals surface area contributed by atoms with Gasteiger partial charge >= 0.3 is 0 Å². The van der Waals surface area contributed by atoms with Crippen LogP contribution < -0.4 is 5.73 Å². The number of hydrogen-bond donors (Lipinski definition) is 1. The summed E-state index contributed by atoms with van der Waals surface area (Å²) in [6, 6.07) is 0. The summed E-state index contributed by atoms with van der Waals surface area (Å²) in [4.78, 5) is 0. The van der Waals surface area contributed by atoms with E-state index in [0.717, 1.165) is 6.54 Å². The minimum absolute atomic E-state index is 0.842. The molecule has 0 aromatic carbocycles. The molecule has 1 atom stereocenters. The van der Waals surface area contributed by atoms with E-state index in [-0.39, 0.29) is 0 Å². The first-order chi connectivity index (χ1) is 2.91. The Hall–Kier alpha value is 0.390. The molecule has 0 aromatic heterocycles. The van der Waals surface area contributed by atoms with Gasteiger partial charge in [0.1, 0.15) is 0 Å². The summed E-state index contributed by atoms with van der Waals surface area (Å²) in [6.07, 6.45) is 3.61. The number of unbranched alkanes of at least 4 members (excludes halogenated alkanes) is 1. The fraction of sp³-hybridized carbons (Fsp3) is 1.00. The molecule has 0 radical (unpaired) electrons. The van der Waals surface area contributed by atoms with Crippen LogP contribution in [0.25, 0.3) is 0 Å². The molecule has 1 unspecified atom stereocenters. The van der Waals surface area contributed by atoms with Gasteiger partial charge in [0.15, 0.2) is 0 Å². The standard InChI is InChI=1S/C4H12NP/c5-3-1-2-4-6/h1-6H2. The molecular formula is C4H12NP. The Morgan fingerprint density at radius 1 is 1.33 bits per heavy atom. The summed E-state index contributed by atoms with van der Waals surface area (Å²) in [5.74, 6) is 0. The molecule has 0 spiro atoms. The lowest BCUT2D eigenvalue weighted by atomic mass is 10.3. The normalized spacial score (nSPS) is 9.00. The van der Waals surface area contributed by atoms with Gasteiger partial charge in [-0.25, -0.2) is 0 Å². The molecule has 0 saturated heterocycles. The maximum atomic E-state index is 5.21. The smallest absolute Gasteiger partial charge is 0.00772 e. The van der Waals surface area contributed by atoms with Gasteiger partial charge in [0.2, 0.25) is 0 Å². The van der Waals surface area contributed by atoms with Gasteiger partial charge in [0, 0.05) is 0 Å². The zero-order valence-electron chi connectivity index (χ0n) is 3.98. The van der Waals surface area contributed by atoms with E-state index in [2.05, 4.69) is 9.24 Å². The van der Waals surface area contributed by atoms with Crippen molar-refractivity contribution in [3.05, 3.63) is 0 Å². The van der Waals surface area contributed by atoms with Crippen LogP contribution in [0.3, 0.4) is 0 Å². The van der Waals surface area contributed by atoms with E-state index in [1.807, 2.05) is 0 Å². The number of nitrogens with two attached hydrogens (primary N) is 1. The molecule has 0 amide bonds. The number of hydrogen-bond acceptors (Lipinski definition) is 1. The molecule has 0 aliphatic heterocycles. The van der Waals surface area contributed by atoms with Crippen LogP contribution in [0.1, 0.15) is 12.8 Å². The summed E-state index contributed by atoms with van der Waals surface area (Å²) in [5, 5.41) is 0. The van der Waals surface area contributed by atoms with E-state index in [1.165, 1.54) is 19.0 Å². The first-order valence-electron chi connectivity index (χ1n) is 2.32. The van der Waals surface area contributed by atoms with Gasteiger partial charge in [0.25, 0.3) is 0 Å². The Kier molecular flexibility index (Phi) is 5.74. The average molecular weight is 105 g/mol. The molecule has 0 aromatic rings. The second-order valence-corrected chi connectivity index (χ2v) is 1.86. The summed E-state index contributed by atoms with van der Waals surface area (Å²) in [7, 11) is 2.67. The van der Waals surface area contributed by atoms with Crippen molar-refractivity contribution in [1.82, 2.24) is 0 Å². The van der Waals surface area contributed by atoms with Crippen molar-refractivity contribution in [2.75, 3.05) is 12.7 Å². The zero-order chi connectivity index (χ0) is 4.83. The SMILES string of the molecule is NCCCCP. The zero-order valence-corrected chi connectivity index (χ0v) is 5.14. The minimum Gasteiger partial charge on any atom is -0.330 e. The lowest BCUT2D eigenvalue weighted by Crippen LogP contribution is -1.97. The molecule has 0 fully saturated rings.